The summed E-state index contributed by atoms with van der Waals surface area (Å²) in [6.07, 6.45) is 3.78. The second-order valence-electron chi connectivity index (χ2n) is 9.03. The molecule has 26 heavy (non-hydrogen) atoms. The Kier molecular flexibility index (Phi) is 4.07. The molecule has 1 aliphatic carbocycles. The summed E-state index contributed by atoms with van der Waals surface area (Å²) < 4.78 is 2.38. The Morgan fingerprint density at radius 2 is 1.58 bits per heavy atom. The molecule has 0 atom stereocenters. The lowest BCUT2D eigenvalue weighted by Crippen LogP contribution is -2.38. The molecule has 0 saturated heterocycles. The molecule has 0 bridgehead atoms. The van der Waals surface area contributed by atoms with Gasteiger partial charge in [0.1, 0.15) is 7.05 Å². The van der Waals surface area contributed by atoms with Crippen LogP contribution in [0.3, 0.4) is 0 Å². The standard InChI is InChI=1S/C24H30NSi/c1-16-12-18-8-7-9-19(18)15-23(16)24-22-11-10-21(26(4,5)6)14-20(22)13-17(2)25(24)3/h10-15H,7-9H2,1-6H3/q+1. The van der Waals surface area contributed by atoms with Crippen LogP contribution in [-0.4, -0.2) is 8.07 Å². The molecule has 3 aromatic rings. The maximum atomic E-state index is 2.47. The molecule has 2 heteroatoms. The van der Waals surface area contributed by atoms with E-state index in [-0.39, 0.29) is 0 Å². The van der Waals surface area contributed by atoms with Crippen LogP contribution in [0.25, 0.3) is 22.0 Å². The van der Waals surface area contributed by atoms with Gasteiger partial charge in [-0.25, -0.2) is 0 Å². The summed E-state index contributed by atoms with van der Waals surface area (Å²) in [7, 11) is 0.902. The Labute approximate surface area is 158 Å². The predicted octanol–water partition coefficient (Wildman–Crippen LogP) is 4.98. The van der Waals surface area contributed by atoms with Gasteiger partial charge >= 0.3 is 0 Å². The van der Waals surface area contributed by atoms with Crippen LogP contribution < -0.4 is 9.75 Å². The van der Waals surface area contributed by atoms with E-state index in [1.165, 1.54) is 57.7 Å². The number of hydrogen-bond donors (Lipinski definition) is 0. The number of hydrogen-bond acceptors (Lipinski definition) is 0. The first kappa shape index (κ1) is 17.5. The van der Waals surface area contributed by atoms with Crippen LogP contribution in [0.5, 0.6) is 0 Å². The van der Waals surface area contributed by atoms with Crippen LogP contribution in [0.1, 0.15) is 28.8 Å². The summed E-state index contributed by atoms with van der Waals surface area (Å²) in [5.74, 6) is 0. The van der Waals surface area contributed by atoms with Crippen molar-refractivity contribution in [1.82, 2.24) is 0 Å². The molecule has 2 aromatic carbocycles. The zero-order valence-electron chi connectivity index (χ0n) is 17.0. The van der Waals surface area contributed by atoms with Gasteiger partial charge in [0, 0.05) is 13.0 Å². The number of rotatable bonds is 2. The van der Waals surface area contributed by atoms with E-state index in [0.717, 1.165) is 0 Å². The molecule has 1 heterocycles. The fraction of sp³-hybridized carbons (Fsp3) is 0.375. The monoisotopic (exact) mass is 360 g/mol. The molecule has 0 radical (unpaired) electrons. The van der Waals surface area contributed by atoms with E-state index in [1.54, 1.807) is 11.1 Å². The Balaban J connectivity index is 2.02. The second kappa shape index (κ2) is 6.06. The van der Waals surface area contributed by atoms with Gasteiger partial charge in [-0.3, -0.25) is 0 Å². The van der Waals surface area contributed by atoms with Crippen molar-refractivity contribution in [1.29, 1.82) is 0 Å². The van der Waals surface area contributed by atoms with E-state index < -0.39 is 8.07 Å². The minimum absolute atomic E-state index is 1.23. The third kappa shape index (κ3) is 2.81. The van der Waals surface area contributed by atoms with Crippen LogP contribution in [0, 0.1) is 13.8 Å². The number of aromatic nitrogens is 1. The van der Waals surface area contributed by atoms with Crippen LogP contribution in [0.2, 0.25) is 19.6 Å². The van der Waals surface area contributed by atoms with E-state index in [4.69, 9.17) is 0 Å². The van der Waals surface area contributed by atoms with Gasteiger partial charge in [-0.15, -0.1) is 0 Å². The highest BCUT2D eigenvalue weighted by Gasteiger charge is 2.24. The van der Waals surface area contributed by atoms with Crippen molar-refractivity contribution < 1.29 is 4.57 Å². The molecule has 0 N–H and O–H groups in total. The minimum atomic E-state index is -1.31. The van der Waals surface area contributed by atoms with Crippen molar-refractivity contribution in [2.75, 3.05) is 0 Å². The fourth-order valence-electron chi connectivity index (χ4n) is 4.37. The Hall–Kier alpha value is -1.93. The summed E-state index contributed by atoms with van der Waals surface area (Å²) in [6, 6.07) is 14.4. The summed E-state index contributed by atoms with van der Waals surface area (Å²) in [6.45, 7) is 11.8. The summed E-state index contributed by atoms with van der Waals surface area (Å²) in [4.78, 5) is 0. The number of fused-ring (bicyclic) bond motifs is 2. The molecular formula is C24H30NSi+. The van der Waals surface area contributed by atoms with Crippen molar-refractivity contribution in [3.8, 4) is 11.3 Å². The van der Waals surface area contributed by atoms with Crippen molar-refractivity contribution >= 4 is 24.0 Å². The lowest BCUT2D eigenvalue weighted by molar-refractivity contribution is -0.665. The molecule has 1 aliphatic rings. The quantitative estimate of drug-likeness (QED) is 0.448. The van der Waals surface area contributed by atoms with E-state index >= 15 is 0 Å². The van der Waals surface area contributed by atoms with Gasteiger partial charge in [0.15, 0.2) is 5.69 Å². The van der Waals surface area contributed by atoms with Gasteiger partial charge in [0.05, 0.1) is 19.0 Å². The van der Waals surface area contributed by atoms with Gasteiger partial charge in [0.2, 0.25) is 5.69 Å². The minimum Gasteiger partial charge on any atom is -0.198 e. The number of pyridine rings is 1. The molecule has 0 saturated carbocycles. The molecule has 134 valence electrons. The molecule has 0 amide bonds. The summed E-state index contributed by atoms with van der Waals surface area (Å²) in [5, 5.41) is 4.30. The smallest absolute Gasteiger partial charge is 0.198 e. The largest absolute Gasteiger partial charge is 0.220 e. The highest BCUT2D eigenvalue weighted by atomic mass is 28.3. The zero-order chi connectivity index (χ0) is 18.6. The van der Waals surface area contributed by atoms with Crippen LogP contribution in [0.4, 0.5) is 0 Å². The van der Waals surface area contributed by atoms with Crippen molar-refractivity contribution in [2.24, 2.45) is 7.05 Å². The van der Waals surface area contributed by atoms with Crippen molar-refractivity contribution in [2.45, 2.75) is 52.8 Å². The first-order chi connectivity index (χ1) is 12.3. The molecule has 4 rings (SSSR count). The topological polar surface area (TPSA) is 3.88 Å². The molecule has 0 fully saturated rings. The Morgan fingerprint density at radius 3 is 2.27 bits per heavy atom. The van der Waals surface area contributed by atoms with E-state index in [2.05, 4.69) is 81.5 Å². The second-order valence-corrected chi connectivity index (χ2v) is 14.1. The SMILES string of the molecule is Cc1cc2c(cc1-c1c3ccc([Si](C)(C)C)cc3cc(C)[n+]1C)CCC2. The van der Waals surface area contributed by atoms with Gasteiger partial charge in [-0.1, -0.05) is 43.0 Å². The molecule has 0 spiro atoms. The lowest BCUT2D eigenvalue weighted by Gasteiger charge is -2.18. The van der Waals surface area contributed by atoms with Crippen LogP contribution in [-0.2, 0) is 19.9 Å². The summed E-state index contributed by atoms with van der Waals surface area (Å²) in [5.41, 5.74) is 8.62. The fourth-order valence-corrected chi connectivity index (χ4v) is 5.54. The van der Waals surface area contributed by atoms with Gasteiger partial charge < -0.3 is 0 Å². The molecule has 1 nitrogen and oxygen atoms in total. The van der Waals surface area contributed by atoms with Crippen molar-refractivity contribution in [3.63, 3.8) is 0 Å². The average Bonchev–Trinajstić information content (AvgIpc) is 3.01. The van der Waals surface area contributed by atoms with Gasteiger partial charge in [-0.05, 0) is 60.4 Å². The third-order valence-electron chi connectivity index (χ3n) is 6.10. The molecule has 0 unspecified atom stereocenters. The summed E-state index contributed by atoms with van der Waals surface area (Å²) >= 11 is 0. The number of aryl methyl sites for hydroxylation is 4. The first-order valence-electron chi connectivity index (χ1n) is 9.82. The Bertz CT molecular complexity index is 1020. The van der Waals surface area contributed by atoms with E-state index in [9.17, 15) is 0 Å². The number of benzene rings is 2. The molecular weight excluding hydrogens is 330 g/mol. The maximum Gasteiger partial charge on any atom is 0.220 e. The Morgan fingerprint density at radius 1 is 0.885 bits per heavy atom. The lowest BCUT2D eigenvalue weighted by atomic mass is 9.95. The van der Waals surface area contributed by atoms with Crippen LogP contribution >= 0.6 is 0 Å². The normalized spacial score (nSPS) is 14.1. The van der Waals surface area contributed by atoms with Crippen molar-refractivity contribution in [3.05, 3.63) is 58.8 Å². The number of nitrogens with zero attached hydrogens (tertiary/aromatic N) is 1. The highest BCUT2D eigenvalue weighted by Crippen LogP contribution is 2.33. The predicted molar refractivity (Wildman–Crippen MR) is 115 cm³/mol. The van der Waals surface area contributed by atoms with Gasteiger partial charge in [-0.2, -0.15) is 4.57 Å². The van der Waals surface area contributed by atoms with Gasteiger partial charge in [0.25, 0.3) is 0 Å². The molecule has 0 aliphatic heterocycles. The average molecular weight is 361 g/mol. The highest BCUT2D eigenvalue weighted by molar-refractivity contribution is 6.88. The molecule has 1 aromatic heterocycles. The first-order valence-corrected chi connectivity index (χ1v) is 13.3. The maximum absolute atomic E-state index is 2.47. The zero-order valence-corrected chi connectivity index (χ0v) is 18.0. The van der Waals surface area contributed by atoms with E-state index in [0.29, 0.717) is 0 Å². The third-order valence-corrected chi connectivity index (χ3v) is 8.14. The van der Waals surface area contributed by atoms with E-state index in [1.807, 2.05) is 0 Å². The van der Waals surface area contributed by atoms with Crippen LogP contribution in [0.15, 0.2) is 36.4 Å².